The van der Waals surface area contributed by atoms with Crippen molar-refractivity contribution in [1.29, 1.82) is 0 Å². The molecule has 0 aliphatic carbocycles. The molecule has 13 heteroatoms. The maximum Gasteiger partial charge on any atom is 0.330 e. The van der Waals surface area contributed by atoms with Gasteiger partial charge in [0, 0.05) is 30.4 Å². The number of rotatable bonds is 27. The summed E-state index contributed by atoms with van der Waals surface area (Å²) in [5.74, 6) is -1.15. The first-order valence-electron chi connectivity index (χ1n) is 13.6. The number of ether oxygens (including phenoxy) is 5. The Balaban J connectivity index is 4.94. The van der Waals surface area contributed by atoms with Crippen LogP contribution in [0.2, 0.25) is 0 Å². The Bertz CT molecular complexity index is 648. The Labute approximate surface area is 236 Å². The maximum atomic E-state index is 11.1. The van der Waals surface area contributed by atoms with Gasteiger partial charge in [-0.05, 0) is 6.42 Å². The molecular formula is C27H50NO12+. The summed E-state index contributed by atoms with van der Waals surface area (Å²) in [4.78, 5) is 23.1. The molecule has 0 aliphatic heterocycles. The van der Waals surface area contributed by atoms with E-state index in [1.165, 1.54) is 0 Å². The van der Waals surface area contributed by atoms with Crippen molar-refractivity contribution in [3.8, 4) is 0 Å². The lowest BCUT2D eigenvalue weighted by Gasteiger charge is -2.33. The Kier molecular flexibility index (Phi) is 22.6. The zero-order valence-corrected chi connectivity index (χ0v) is 23.7. The van der Waals surface area contributed by atoms with Crippen LogP contribution in [0.15, 0.2) is 25.3 Å². The molecule has 0 aromatic carbocycles. The second kappa shape index (κ2) is 23.7. The van der Waals surface area contributed by atoms with E-state index in [0.29, 0.717) is 26.1 Å². The molecule has 40 heavy (non-hydrogen) atoms. The quantitative estimate of drug-likeness (QED) is 0.0449. The Morgan fingerprint density at radius 2 is 1.18 bits per heavy atom. The first-order chi connectivity index (χ1) is 19.1. The van der Waals surface area contributed by atoms with Gasteiger partial charge in [-0.2, -0.15) is 0 Å². The van der Waals surface area contributed by atoms with E-state index in [-0.39, 0.29) is 78.9 Å². The van der Waals surface area contributed by atoms with Gasteiger partial charge in [-0.3, -0.25) is 0 Å². The third-order valence-corrected chi connectivity index (χ3v) is 6.08. The highest BCUT2D eigenvalue weighted by Gasteiger charge is 2.31. The van der Waals surface area contributed by atoms with Crippen LogP contribution >= 0.6 is 0 Å². The number of carbonyl (C=O) groups is 2. The minimum absolute atomic E-state index is 0.0106. The van der Waals surface area contributed by atoms with Crippen molar-refractivity contribution in [1.82, 2.24) is 0 Å². The highest BCUT2D eigenvalue weighted by atomic mass is 16.5. The van der Waals surface area contributed by atoms with E-state index in [1.807, 2.05) is 6.92 Å². The average molecular weight is 581 g/mol. The zero-order valence-electron chi connectivity index (χ0n) is 23.7. The first kappa shape index (κ1) is 38.1. The molecule has 13 nitrogen and oxygen atoms in total. The third-order valence-electron chi connectivity index (χ3n) is 6.08. The fourth-order valence-corrected chi connectivity index (χ4v) is 3.58. The molecule has 3 atom stereocenters. The number of hydrogen-bond donors (Lipinski definition) is 6. The number of esters is 2. The molecule has 6 N–H and O–H groups in total. The van der Waals surface area contributed by atoms with Crippen molar-refractivity contribution in [2.24, 2.45) is 5.41 Å². The molecule has 0 amide bonds. The lowest BCUT2D eigenvalue weighted by Crippen LogP contribution is -3.14. The summed E-state index contributed by atoms with van der Waals surface area (Å²) in [7, 11) is 0. The predicted octanol–water partition coefficient (Wildman–Crippen LogP) is -2.38. The minimum atomic E-state index is -0.872. The monoisotopic (exact) mass is 580 g/mol. The molecule has 0 rings (SSSR count). The summed E-state index contributed by atoms with van der Waals surface area (Å²) in [5, 5.41) is 49.1. The Morgan fingerprint density at radius 1 is 0.775 bits per heavy atom. The molecule has 0 aromatic heterocycles. The zero-order chi connectivity index (χ0) is 30.2. The highest BCUT2D eigenvalue weighted by Crippen LogP contribution is 2.24. The van der Waals surface area contributed by atoms with E-state index >= 15 is 0 Å². The van der Waals surface area contributed by atoms with Gasteiger partial charge >= 0.3 is 11.9 Å². The Morgan fingerprint density at radius 3 is 1.52 bits per heavy atom. The lowest BCUT2D eigenvalue weighted by atomic mass is 9.88. The molecule has 3 unspecified atom stereocenters. The van der Waals surface area contributed by atoms with Crippen LogP contribution < -0.4 is 4.90 Å². The summed E-state index contributed by atoms with van der Waals surface area (Å²) in [5.41, 5.74) is -0.674. The second-order valence-electron chi connectivity index (χ2n) is 9.58. The van der Waals surface area contributed by atoms with Gasteiger partial charge in [0.1, 0.15) is 25.7 Å². The largest absolute Gasteiger partial charge is 0.462 e. The van der Waals surface area contributed by atoms with Crippen molar-refractivity contribution in [3.05, 3.63) is 25.3 Å². The number of quaternary nitrogens is 1. The predicted molar refractivity (Wildman–Crippen MR) is 144 cm³/mol. The number of nitrogens with one attached hydrogen (secondary N) is 1. The van der Waals surface area contributed by atoms with Crippen LogP contribution in [0.5, 0.6) is 0 Å². The van der Waals surface area contributed by atoms with Gasteiger partial charge < -0.3 is 54.1 Å². The van der Waals surface area contributed by atoms with Gasteiger partial charge in [0.2, 0.25) is 0 Å². The normalized spacial score (nSPS) is 15.2. The molecule has 0 aliphatic rings. The summed E-state index contributed by atoms with van der Waals surface area (Å²) in [6.07, 6.45) is 0.421. The summed E-state index contributed by atoms with van der Waals surface area (Å²) in [6.45, 7) is 9.91. The SMILES string of the molecule is C=CC(=O)OCCC(O)COCC(CC)(COCC(O)CCOC(=O)C=C)COCC(O)C[NH+](CCO)CCO. The van der Waals surface area contributed by atoms with E-state index in [1.54, 1.807) is 0 Å². The van der Waals surface area contributed by atoms with Crippen molar-refractivity contribution in [2.45, 2.75) is 44.5 Å². The Hall–Kier alpha value is -1.94. The molecule has 0 heterocycles. The highest BCUT2D eigenvalue weighted by molar-refractivity contribution is 5.81. The standard InChI is InChI=1S/C27H49NO12/c1-4-25(34)39-13-7-22(31)16-36-19-27(6-3,20-37-17-23(32)8-14-40-26(35)5-2)21-38-18-24(33)15-28(9-11-29)10-12-30/h4-5,22-24,29-33H,1-2,6-21H2,3H3/p+1. The van der Waals surface area contributed by atoms with Crippen molar-refractivity contribution in [3.63, 3.8) is 0 Å². The molecule has 0 bridgehead atoms. The van der Waals surface area contributed by atoms with Gasteiger partial charge in [0.05, 0.1) is 78.3 Å². The number of hydrogen-bond acceptors (Lipinski definition) is 12. The van der Waals surface area contributed by atoms with E-state index in [0.717, 1.165) is 17.1 Å². The van der Waals surface area contributed by atoms with Crippen molar-refractivity contribution in [2.75, 3.05) is 85.7 Å². The van der Waals surface area contributed by atoms with Crippen molar-refractivity contribution < 1.29 is 63.7 Å². The molecule has 234 valence electrons. The number of aliphatic hydroxyl groups excluding tert-OH is 5. The topological polar surface area (TPSA) is 186 Å². The third kappa shape index (κ3) is 19.2. The fraction of sp³-hybridized carbons (Fsp3) is 0.778. The molecule has 0 aromatic rings. The molecule has 0 saturated carbocycles. The van der Waals surface area contributed by atoms with Crippen LogP contribution in [-0.2, 0) is 33.3 Å². The number of carbonyl (C=O) groups excluding carboxylic acids is 2. The summed E-state index contributed by atoms with van der Waals surface area (Å²) in [6, 6.07) is 0. The maximum absolute atomic E-state index is 11.1. The van der Waals surface area contributed by atoms with Crippen LogP contribution in [0.25, 0.3) is 0 Å². The second-order valence-corrected chi connectivity index (χ2v) is 9.58. The minimum Gasteiger partial charge on any atom is -0.462 e. The van der Waals surface area contributed by atoms with Crippen LogP contribution in [0.3, 0.4) is 0 Å². The molecule has 0 radical (unpaired) electrons. The molecular weight excluding hydrogens is 530 g/mol. The lowest BCUT2D eigenvalue weighted by molar-refractivity contribution is -0.904. The first-order valence-corrected chi connectivity index (χ1v) is 13.6. The van der Waals surface area contributed by atoms with Gasteiger partial charge in [-0.15, -0.1) is 0 Å². The van der Waals surface area contributed by atoms with E-state index in [9.17, 15) is 35.1 Å². The number of aliphatic hydroxyl groups is 5. The molecule has 0 spiro atoms. The van der Waals surface area contributed by atoms with Crippen molar-refractivity contribution >= 4 is 11.9 Å². The van der Waals surface area contributed by atoms with E-state index in [2.05, 4.69) is 13.2 Å². The van der Waals surface area contributed by atoms with Crippen LogP contribution in [0.4, 0.5) is 0 Å². The smallest absolute Gasteiger partial charge is 0.330 e. The van der Waals surface area contributed by atoms with Crippen LogP contribution in [0.1, 0.15) is 26.2 Å². The summed E-state index contributed by atoms with van der Waals surface area (Å²) < 4.78 is 27.1. The van der Waals surface area contributed by atoms with Gasteiger partial charge in [-0.1, -0.05) is 20.1 Å². The summed E-state index contributed by atoms with van der Waals surface area (Å²) >= 11 is 0. The van der Waals surface area contributed by atoms with Crippen LogP contribution in [-0.4, -0.2) is 141 Å². The molecule has 0 saturated heterocycles. The van der Waals surface area contributed by atoms with Gasteiger partial charge in [0.15, 0.2) is 0 Å². The van der Waals surface area contributed by atoms with Gasteiger partial charge in [-0.25, -0.2) is 9.59 Å². The van der Waals surface area contributed by atoms with E-state index in [4.69, 9.17) is 23.7 Å². The van der Waals surface area contributed by atoms with Gasteiger partial charge in [0.25, 0.3) is 0 Å². The fourth-order valence-electron chi connectivity index (χ4n) is 3.58. The van der Waals surface area contributed by atoms with Crippen LogP contribution in [0, 0.1) is 5.41 Å². The molecule has 0 fully saturated rings. The van der Waals surface area contributed by atoms with E-state index < -0.39 is 35.7 Å². The average Bonchev–Trinajstić information content (AvgIpc) is 2.92.